The summed E-state index contributed by atoms with van der Waals surface area (Å²) in [6.07, 6.45) is -0.566. The molecule has 0 radical (unpaired) electrons. The van der Waals surface area contributed by atoms with Crippen LogP contribution in [0.3, 0.4) is 0 Å². The number of esters is 1. The van der Waals surface area contributed by atoms with Gasteiger partial charge in [0.15, 0.2) is 0 Å². The second-order valence-electron chi connectivity index (χ2n) is 8.97. The van der Waals surface area contributed by atoms with Crippen LogP contribution in [0.4, 0.5) is 4.79 Å². The van der Waals surface area contributed by atoms with E-state index in [2.05, 4.69) is 42.0 Å². The third kappa shape index (κ3) is 5.42. The van der Waals surface area contributed by atoms with E-state index in [1.54, 1.807) is 0 Å². The van der Waals surface area contributed by atoms with Crippen LogP contribution in [0.5, 0.6) is 0 Å². The van der Waals surface area contributed by atoms with Gasteiger partial charge in [0.05, 0.1) is 12.0 Å². The van der Waals surface area contributed by atoms with Crippen LogP contribution in [0.2, 0.25) is 0 Å². The van der Waals surface area contributed by atoms with Crippen LogP contribution in [0.1, 0.15) is 44.2 Å². The highest BCUT2D eigenvalue weighted by atomic mass is 79.9. The number of carbonyl (C=O) groups excluding carboxylic acids is 1. The summed E-state index contributed by atoms with van der Waals surface area (Å²) in [5.41, 5.74) is 1.83. The lowest BCUT2D eigenvalue weighted by Crippen LogP contribution is -2.50. The number of halogens is 1. The Morgan fingerprint density at radius 2 is 1.80 bits per heavy atom. The molecule has 0 saturated carbocycles. The number of nitrogens with one attached hydrogen (secondary N) is 1. The Kier molecular flexibility index (Phi) is 6.86. The zero-order valence-corrected chi connectivity index (χ0v) is 19.1. The largest absolute Gasteiger partial charge is 0.465 e. The quantitative estimate of drug-likeness (QED) is 0.551. The molecule has 2 aromatic carbocycles. The van der Waals surface area contributed by atoms with Crippen molar-refractivity contribution in [3.63, 3.8) is 0 Å². The Morgan fingerprint density at radius 3 is 2.37 bits per heavy atom. The van der Waals surface area contributed by atoms with Crippen molar-refractivity contribution in [2.75, 3.05) is 0 Å². The summed E-state index contributed by atoms with van der Waals surface area (Å²) in [6.45, 7) is 6.24. The molecule has 1 fully saturated rings. The summed E-state index contributed by atoms with van der Waals surface area (Å²) in [5.74, 6) is -0.703. The highest BCUT2D eigenvalue weighted by molar-refractivity contribution is 9.10. The molecule has 0 aliphatic carbocycles. The van der Waals surface area contributed by atoms with Crippen LogP contribution in [0.15, 0.2) is 59.1 Å². The first kappa shape index (κ1) is 22.3. The predicted octanol–water partition coefficient (Wildman–Crippen LogP) is 5.39. The first-order valence-electron chi connectivity index (χ1n) is 10.1. The predicted molar refractivity (Wildman–Crippen MR) is 119 cm³/mol. The van der Waals surface area contributed by atoms with Gasteiger partial charge in [-0.05, 0) is 35.1 Å². The standard InChI is InChI=1S/C24H28BrNO4/c1-24(2,3)20(16-7-5-4-6-8-16)21(26-23(28)29)19-14-17(22(27)30-19)13-15-9-11-18(25)12-10-15/h4-12,17,19-21,26H,13-14H2,1-3H3,(H,28,29)/t17?,19?,20?,21-/m1/s1. The van der Waals surface area contributed by atoms with Crippen molar-refractivity contribution in [2.24, 2.45) is 11.3 Å². The van der Waals surface area contributed by atoms with Gasteiger partial charge in [0, 0.05) is 16.8 Å². The third-order valence-corrected chi connectivity index (χ3v) is 6.18. The summed E-state index contributed by atoms with van der Waals surface area (Å²) in [5, 5.41) is 12.2. The normalized spacial score (nSPS) is 21.0. The van der Waals surface area contributed by atoms with Crippen molar-refractivity contribution in [1.82, 2.24) is 5.32 Å². The highest BCUT2D eigenvalue weighted by Gasteiger charge is 2.46. The number of hydrogen-bond donors (Lipinski definition) is 2. The minimum atomic E-state index is -1.11. The topological polar surface area (TPSA) is 75.6 Å². The molecule has 30 heavy (non-hydrogen) atoms. The molecule has 0 bridgehead atoms. The van der Waals surface area contributed by atoms with E-state index >= 15 is 0 Å². The smallest absolute Gasteiger partial charge is 0.405 e. The average molecular weight is 474 g/mol. The van der Waals surface area contributed by atoms with Gasteiger partial charge in [-0.2, -0.15) is 0 Å². The fourth-order valence-corrected chi connectivity index (χ4v) is 4.67. The molecule has 5 nitrogen and oxygen atoms in total. The number of carboxylic acid groups (broad SMARTS) is 1. The summed E-state index contributed by atoms with van der Waals surface area (Å²) in [4.78, 5) is 24.3. The zero-order valence-electron chi connectivity index (χ0n) is 17.5. The molecule has 4 atom stereocenters. The number of benzene rings is 2. The summed E-state index contributed by atoms with van der Waals surface area (Å²) < 4.78 is 6.74. The maximum Gasteiger partial charge on any atom is 0.405 e. The Bertz CT molecular complexity index is 876. The second kappa shape index (κ2) is 9.21. The fourth-order valence-electron chi connectivity index (χ4n) is 4.40. The van der Waals surface area contributed by atoms with Gasteiger partial charge in [0.2, 0.25) is 0 Å². The Morgan fingerprint density at radius 1 is 1.17 bits per heavy atom. The lowest BCUT2D eigenvalue weighted by molar-refractivity contribution is -0.145. The SMILES string of the molecule is CC(C)(C)C(c1ccccc1)[C@H](NC(=O)O)C1CC(Cc2ccc(Br)cc2)C(=O)O1. The first-order valence-corrected chi connectivity index (χ1v) is 10.9. The number of amides is 1. The second-order valence-corrected chi connectivity index (χ2v) is 9.88. The Hall–Kier alpha value is -2.34. The molecular formula is C24H28BrNO4. The monoisotopic (exact) mass is 473 g/mol. The van der Waals surface area contributed by atoms with E-state index in [-0.39, 0.29) is 23.2 Å². The van der Waals surface area contributed by atoms with Gasteiger partial charge < -0.3 is 15.2 Å². The molecule has 3 unspecified atom stereocenters. The number of ether oxygens (including phenoxy) is 1. The molecule has 0 spiro atoms. The molecule has 3 rings (SSSR count). The van der Waals surface area contributed by atoms with Crippen LogP contribution in [-0.4, -0.2) is 29.3 Å². The lowest BCUT2D eigenvalue weighted by atomic mass is 9.70. The van der Waals surface area contributed by atoms with E-state index in [1.165, 1.54) is 0 Å². The van der Waals surface area contributed by atoms with Crippen molar-refractivity contribution in [2.45, 2.75) is 51.7 Å². The molecule has 1 aliphatic rings. The average Bonchev–Trinajstić information content (AvgIpc) is 3.03. The Labute approximate surface area is 186 Å². The van der Waals surface area contributed by atoms with E-state index in [4.69, 9.17) is 4.74 Å². The first-order chi connectivity index (χ1) is 14.1. The highest BCUT2D eigenvalue weighted by Crippen LogP contribution is 2.42. The molecule has 0 aromatic heterocycles. The Balaban J connectivity index is 1.86. The van der Waals surface area contributed by atoms with Gasteiger partial charge in [0.1, 0.15) is 6.10 Å². The van der Waals surface area contributed by atoms with Gasteiger partial charge in [-0.25, -0.2) is 4.79 Å². The van der Waals surface area contributed by atoms with E-state index in [0.29, 0.717) is 12.8 Å². The molecule has 2 N–H and O–H groups in total. The maximum atomic E-state index is 12.6. The van der Waals surface area contributed by atoms with Crippen molar-refractivity contribution in [3.05, 3.63) is 70.2 Å². The zero-order chi connectivity index (χ0) is 21.9. The number of cyclic esters (lactones) is 1. The fraction of sp³-hybridized carbons (Fsp3) is 0.417. The molecule has 1 heterocycles. The van der Waals surface area contributed by atoms with Crippen molar-refractivity contribution < 1.29 is 19.4 Å². The van der Waals surface area contributed by atoms with Crippen LogP contribution in [0.25, 0.3) is 0 Å². The van der Waals surface area contributed by atoms with Crippen molar-refractivity contribution in [3.8, 4) is 0 Å². The van der Waals surface area contributed by atoms with E-state index in [1.807, 2.05) is 54.6 Å². The van der Waals surface area contributed by atoms with Gasteiger partial charge in [-0.15, -0.1) is 0 Å². The summed E-state index contributed by atoms with van der Waals surface area (Å²) >= 11 is 3.42. The molecule has 1 amide bonds. The number of carbonyl (C=O) groups is 2. The number of hydrogen-bond acceptors (Lipinski definition) is 3. The van der Waals surface area contributed by atoms with Crippen LogP contribution in [0, 0.1) is 11.3 Å². The lowest BCUT2D eigenvalue weighted by Gasteiger charge is -2.39. The molecule has 6 heteroatoms. The third-order valence-electron chi connectivity index (χ3n) is 5.65. The van der Waals surface area contributed by atoms with Crippen LogP contribution in [-0.2, 0) is 16.0 Å². The number of rotatable bonds is 6. The molecule has 1 aliphatic heterocycles. The van der Waals surface area contributed by atoms with Gasteiger partial charge >= 0.3 is 12.1 Å². The van der Waals surface area contributed by atoms with Gasteiger partial charge in [-0.1, -0.05) is 79.2 Å². The van der Waals surface area contributed by atoms with Gasteiger partial charge in [-0.3, -0.25) is 4.79 Å². The molecular weight excluding hydrogens is 446 g/mol. The molecule has 1 saturated heterocycles. The van der Waals surface area contributed by atoms with Crippen molar-refractivity contribution in [1.29, 1.82) is 0 Å². The molecule has 160 valence electrons. The van der Waals surface area contributed by atoms with Crippen LogP contribution < -0.4 is 5.32 Å². The minimum Gasteiger partial charge on any atom is -0.465 e. The van der Waals surface area contributed by atoms with Crippen molar-refractivity contribution >= 4 is 28.0 Å². The van der Waals surface area contributed by atoms with Crippen LogP contribution >= 0.6 is 15.9 Å². The van der Waals surface area contributed by atoms with E-state index in [9.17, 15) is 14.7 Å². The van der Waals surface area contributed by atoms with Gasteiger partial charge in [0.25, 0.3) is 0 Å². The minimum absolute atomic E-state index is 0.154. The summed E-state index contributed by atoms with van der Waals surface area (Å²) in [6, 6.07) is 17.2. The maximum absolute atomic E-state index is 12.6. The summed E-state index contributed by atoms with van der Waals surface area (Å²) in [7, 11) is 0. The molecule has 2 aromatic rings. The van der Waals surface area contributed by atoms with E-state index in [0.717, 1.165) is 15.6 Å². The van der Waals surface area contributed by atoms with E-state index < -0.39 is 18.2 Å².